The molecule has 0 aromatic heterocycles. The van der Waals surface area contributed by atoms with Gasteiger partial charge in [0, 0.05) is 29.7 Å². The predicted octanol–water partition coefficient (Wildman–Crippen LogP) is 0.593. The van der Waals surface area contributed by atoms with Gasteiger partial charge in [-0.1, -0.05) is 0 Å². The van der Waals surface area contributed by atoms with Gasteiger partial charge in [0.25, 0.3) is 20.2 Å². The summed E-state index contributed by atoms with van der Waals surface area (Å²) in [5.41, 5.74) is -0.196. The molecule has 0 atom stereocenters. The first kappa shape index (κ1) is 18.8. The fraction of sp³-hybridized carbons (Fsp3) is 0.0769. The van der Waals surface area contributed by atoms with Gasteiger partial charge in [-0.3, -0.25) is 9.11 Å². The molecule has 0 amide bonds. The molecular formula is C13H12O10S2. The van der Waals surface area contributed by atoms with Crippen LogP contribution in [0.25, 0.3) is 0 Å². The summed E-state index contributed by atoms with van der Waals surface area (Å²) >= 11 is 0. The Balaban J connectivity index is 2.51. The van der Waals surface area contributed by atoms with Crippen molar-refractivity contribution in [1.82, 2.24) is 0 Å². The van der Waals surface area contributed by atoms with E-state index in [2.05, 4.69) is 0 Å². The molecule has 0 unspecified atom stereocenters. The molecule has 2 aromatic rings. The van der Waals surface area contributed by atoms with Crippen LogP contribution in [-0.2, 0) is 26.7 Å². The third-order valence-corrected chi connectivity index (χ3v) is 5.02. The van der Waals surface area contributed by atoms with E-state index in [1.165, 1.54) is 0 Å². The Morgan fingerprint density at radius 2 is 0.920 bits per heavy atom. The highest BCUT2D eigenvalue weighted by molar-refractivity contribution is 7.86. The number of phenols is 4. The quantitative estimate of drug-likeness (QED) is 0.317. The molecule has 0 saturated carbocycles. The Morgan fingerprint density at radius 1 is 0.600 bits per heavy atom. The van der Waals surface area contributed by atoms with Gasteiger partial charge in [0.1, 0.15) is 32.8 Å². The van der Waals surface area contributed by atoms with Crippen LogP contribution in [0, 0.1) is 0 Å². The summed E-state index contributed by atoms with van der Waals surface area (Å²) in [5, 5.41) is 38.9. The van der Waals surface area contributed by atoms with Crippen LogP contribution in [0.5, 0.6) is 23.0 Å². The smallest absolute Gasteiger partial charge is 0.298 e. The monoisotopic (exact) mass is 392 g/mol. The van der Waals surface area contributed by atoms with E-state index in [0.717, 1.165) is 12.1 Å². The first-order valence-electron chi connectivity index (χ1n) is 6.35. The lowest BCUT2D eigenvalue weighted by atomic mass is 10.0. The molecule has 0 bridgehead atoms. The highest BCUT2D eigenvalue weighted by Gasteiger charge is 2.22. The Kier molecular flexibility index (Phi) is 4.57. The second kappa shape index (κ2) is 6.07. The highest BCUT2D eigenvalue weighted by atomic mass is 32.2. The Hall–Kier alpha value is -2.54. The Morgan fingerprint density at radius 3 is 1.20 bits per heavy atom. The number of hydrogen-bond donors (Lipinski definition) is 6. The van der Waals surface area contributed by atoms with E-state index in [1.54, 1.807) is 0 Å². The van der Waals surface area contributed by atoms with E-state index in [4.69, 9.17) is 9.11 Å². The minimum atomic E-state index is -4.78. The number of rotatable bonds is 4. The fourth-order valence-corrected chi connectivity index (χ4v) is 3.27. The number of phenolic OH excluding ortho intramolecular Hbond substituents is 4. The van der Waals surface area contributed by atoms with Crippen molar-refractivity contribution in [2.24, 2.45) is 0 Å². The average Bonchev–Trinajstić information content (AvgIpc) is 2.43. The molecule has 0 spiro atoms. The molecule has 0 heterocycles. The van der Waals surface area contributed by atoms with Crippen molar-refractivity contribution in [1.29, 1.82) is 0 Å². The minimum absolute atomic E-state index is 0.0980. The zero-order valence-corrected chi connectivity index (χ0v) is 13.8. The van der Waals surface area contributed by atoms with Crippen molar-refractivity contribution < 1.29 is 46.4 Å². The van der Waals surface area contributed by atoms with Crippen LogP contribution in [0.1, 0.15) is 11.1 Å². The highest BCUT2D eigenvalue weighted by Crippen LogP contribution is 2.36. The molecule has 10 nitrogen and oxygen atoms in total. The van der Waals surface area contributed by atoms with Crippen LogP contribution in [0.2, 0.25) is 0 Å². The molecule has 2 rings (SSSR count). The standard InChI is InChI=1S/C13H12O10S2/c14-8-4-12(24(18,19)20)10(16)2-6(8)1-7-3-11(17)13(5-9(7)15)25(21,22)23/h2-5,14-17H,1H2,(H,18,19,20)(H,21,22,23). The maximum atomic E-state index is 11.0. The van der Waals surface area contributed by atoms with E-state index in [0.29, 0.717) is 12.1 Å². The lowest BCUT2D eigenvalue weighted by molar-refractivity contribution is 0.427. The summed E-state index contributed by atoms with van der Waals surface area (Å²) in [4.78, 5) is -1.86. The third kappa shape index (κ3) is 3.93. The maximum Gasteiger partial charge on any atom is 0.298 e. The molecule has 12 heteroatoms. The van der Waals surface area contributed by atoms with E-state index >= 15 is 0 Å². The molecule has 0 saturated heterocycles. The number of hydrogen-bond acceptors (Lipinski definition) is 8. The van der Waals surface area contributed by atoms with Gasteiger partial charge in [0.05, 0.1) is 0 Å². The van der Waals surface area contributed by atoms with Crippen LogP contribution < -0.4 is 0 Å². The summed E-state index contributed by atoms with van der Waals surface area (Å²) in [6.45, 7) is 0. The molecule has 0 aliphatic rings. The first-order chi connectivity index (χ1) is 11.3. The van der Waals surface area contributed by atoms with Crippen LogP contribution in [0.3, 0.4) is 0 Å². The minimum Gasteiger partial charge on any atom is -0.508 e. The summed E-state index contributed by atoms with van der Waals surface area (Å²) < 4.78 is 62.0. The van der Waals surface area contributed by atoms with Gasteiger partial charge in [-0.05, 0) is 12.1 Å². The summed E-state index contributed by atoms with van der Waals surface area (Å²) in [5.74, 6) is -3.03. The molecule has 0 fully saturated rings. The summed E-state index contributed by atoms with van der Waals surface area (Å²) in [6, 6.07) is 2.80. The zero-order chi connectivity index (χ0) is 19.2. The van der Waals surface area contributed by atoms with Crippen molar-refractivity contribution in [3.05, 3.63) is 35.4 Å². The largest absolute Gasteiger partial charge is 0.508 e. The number of benzene rings is 2. The van der Waals surface area contributed by atoms with Crippen LogP contribution in [0.4, 0.5) is 0 Å². The van der Waals surface area contributed by atoms with Crippen LogP contribution in [0.15, 0.2) is 34.1 Å². The van der Waals surface area contributed by atoms with Gasteiger partial charge in [-0.2, -0.15) is 16.8 Å². The summed E-state index contributed by atoms with van der Waals surface area (Å²) in [7, 11) is -9.55. The molecular weight excluding hydrogens is 380 g/mol. The van der Waals surface area contributed by atoms with Crippen LogP contribution in [-0.4, -0.2) is 46.4 Å². The molecule has 6 N–H and O–H groups in total. The van der Waals surface area contributed by atoms with E-state index in [9.17, 15) is 37.3 Å². The van der Waals surface area contributed by atoms with Crippen molar-refractivity contribution >= 4 is 20.2 Å². The fourth-order valence-electron chi connectivity index (χ4n) is 2.10. The van der Waals surface area contributed by atoms with Gasteiger partial charge in [0.2, 0.25) is 0 Å². The van der Waals surface area contributed by atoms with Gasteiger partial charge < -0.3 is 20.4 Å². The van der Waals surface area contributed by atoms with Gasteiger partial charge in [0.15, 0.2) is 0 Å². The van der Waals surface area contributed by atoms with Crippen molar-refractivity contribution in [2.75, 3.05) is 0 Å². The summed E-state index contributed by atoms with van der Waals surface area (Å²) in [6.07, 6.45) is -0.351. The van der Waals surface area contributed by atoms with Gasteiger partial charge in [-0.25, -0.2) is 0 Å². The average molecular weight is 392 g/mol. The SMILES string of the molecule is O=S(=O)(O)c1cc(O)c(Cc2cc(O)c(S(=O)(=O)O)cc2O)cc1O. The first-order valence-corrected chi connectivity index (χ1v) is 9.23. The lowest BCUT2D eigenvalue weighted by Gasteiger charge is -2.11. The van der Waals surface area contributed by atoms with Crippen LogP contribution >= 0.6 is 0 Å². The van der Waals surface area contributed by atoms with Gasteiger partial charge >= 0.3 is 0 Å². The predicted molar refractivity (Wildman–Crippen MR) is 82.0 cm³/mol. The van der Waals surface area contributed by atoms with Gasteiger partial charge in [-0.15, -0.1) is 0 Å². The van der Waals surface area contributed by atoms with E-state index in [-0.39, 0.29) is 17.5 Å². The lowest BCUT2D eigenvalue weighted by Crippen LogP contribution is -2.01. The Bertz CT molecular complexity index is 969. The van der Waals surface area contributed by atoms with Crippen molar-refractivity contribution in [3.8, 4) is 23.0 Å². The molecule has 25 heavy (non-hydrogen) atoms. The second-order valence-corrected chi connectivity index (χ2v) is 7.80. The maximum absolute atomic E-state index is 11.0. The van der Waals surface area contributed by atoms with E-state index in [1.807, 2.05) is 0 Å². The molecule has 136 valence electrons. The molecule has 0 aliphatic heterocycles. The Labute approximate surface area is 141 Å². The molecule has 0 radical (unpaired) electrons. The third-order valence-electron chi connectivity index (χ3n) is 3.26. The van der Waals surface area contributed by atoms with Crippen molar-refractivity contribution in [3.63, 3.8) is 0 Å². The van der Waals surface area contributed by atoms with Crippen molar-refractivity contribution in [2.45, 2.75) is 16.2 Å². The number of aromatic hydroxyl groups is 4. The van der Waals surface area contributed by atoms with E-state index < -0.39 is 53.0 Å². The molecule has 0 aliphatic carbocycles. The zero-order valence-electron chi connectivity index (χ0n) is 12.1. The second-order valence-electron chi connectivity index (χ2n) is 5.02. The normalized spacial score (nSPS) is 12.2. The molecule has 2 aromatic carbocycles. The topological polar surface area (TPSA) is 190 Å².